The minimum atomic E-state index is -0.244. The molecular weight excluding hydrogens is 361 g/mol. The number of rotatable bonds is 6. The summed E-state index contributed by atoms with van der Waals surface area (Å²) in [7, 11) is 1.70. The van der Waals surface area contributed by atoms with Gasteiger partial charge in [0.2, 0.25) is 0 Å². The Kier molecular flexibility index (Phi) is 6.63. The molecule has 0 bridgehead atoms. The highest BCUT2D eigenvalue weighted by molar-refractivity contribution is 7.80. The smallest absolute Gasteiger partial charge is 0.170 e. The van der Waals surface area contributed by atoms with Gasteiger partial charge < -0.3 is 15.4 Å². The predicted molar refractivity (Wildman–Crippen MR) is 112 cm³/mol. The van der Waals surface area contributed by atoms with Crippen molar-refractivity contribution in [1.29, 1.82) is 0 Å². The number of nitrogens with one attached hydrogen (secondary N) is 2. The molecule has 27 heavy (non-hydrogen) atoms. The minimum absolute atomic E-state index is 0.165. The molecule has 2 aromatic carbocycles. The van der Waals surface area contributed by atoms with Crippen LogP contribution in [0.5, 0.6) is 5.75 Å². The Hall–Kier alpha value is -2.18. The zero-order chi connectivity index (χ0) is 19.2. The van der Waals surface area contributed by atoms with Gasteiger partial charge in [-0.15, -0.1) is 0 Å². The van der Waals surface area contributed by atoms with E-state index in [-0.39, 0.29) is 11.9 Å². The Labute approximate surface area is 165 Å². The number of nitrogens with zero attached hydrogens (tertiary/aromatic N) is 1. The number of likely N-dealkylation sites (tertiary alicyclic amines) is 1. The number of benzene rings is 2. The van der Waals surface area contributed by atoms with E-state index in [1.807, 2.05) is 24.3 Å². The predicted octanol–water partition coefficient (Wildman–Crippen LogP) is 4.27. The second-order valence-corrected chi connectivity index (χ2v) is 7.21. The van der Waals surface area contributed by atoms with Crippen LogP contribution in [-0.4, -0.2) is 36.8 Å². The summed E-state index contributed by atoms with van der Waals surface area (Å²) in [5, 5.41) is 6.84. The first-order valence-electron chi connectivity index (χ1n) is 9.26. The molecule has 0 aromatic heterocycles. The summed E-state index contributed by atoms with van der Waals surface area (Å²) in [4.78, 5) is 2.46. The number of hydrogen-bond acceptors (Lipinski definition) is 3. The maximum Gasteiger partial charge on any atom is 0.170 e. The highest BCUT2D eigenvalue weighted by Gasteiger charge is 2.25. The van der Waals surface area contributed by atoms with Crippen molar-refractivity contribution in [2.45, 2.75) is 25.8 Å². The average Bonchev–Trinajstić information content (AvgIpc) is 3.20. The number of ether oxygens (including phenoxy) is 1. The van der Waals surface area contributed by atoms with Crippen LogP contribution < -0.4 is 15.4 Å². The molecular formula is C21H26FN3OS. The highest BCUT2D eigenvalue weighted by atomic mass is 32.1. The second-order valence-electron chi connectivity index (χ2n) is 6.80. The number of halogens is 1. The number of methoxy groups -OCH3 is 1. The topological polar surface area (TPSA) is 36.5 Å². The Bertz CT molecular complexity index is 793. The molecule has 1 aliphatic rings. The van der Waals surface area contributed by atoms with Gasteiger partial charge in [0, 0.05) is 17.8 Å². The first-order valence-corrected chi connectivity index (χ1v) is 9.67. The van der Waals surface area contributed by atoms with Crippen LogP contribution in [0.4, 0.5) is 10.1 Å². The molecule has 1 saturated heterocycles. The number of hydrogen-bond donors (Lipinski definition) is 2. The van der Waals surface area contributed by atoms with E-state index in [4.69, 9.17) is 17.0 Å². The molecule has 0 amide bonds. The zero-order valence-corrected chi connectivity index (χ0v) is 16.6. The molecule has 0 saturated carbocycles. The Morgan fingerprint density at radius 2 is 1.96 bits per heavy atom. The van der Waals surface area contributed by atoms with Crippen LogP contribution in [-0.2, 0) is 0 Å². The van der Waals surface area contributed by atoms with Gasteiger partial charge in [-0.1, -0.05) is 24.3 Å². The van der Waals surface area contributed by atoms with E-state index in [1.54, 1.807) is 20.1 Å². The molecule has 144 valence electrons. The Morgan fingerprint density at radius 3 is 2.67 bits per heavy atom. The van der Waals surface area contributed by atoms with Crippen LogP contribution in [0.15, 0.2) is 42.5 Å². The molecule has 0 aliphatic carbocycles. The van der Waals surface area contributed by atoms with Crippen LogP contribution in [0.2, 0.25) is 0 Å². The van der Waals surface area contributed by atoms with Crippen molar-refractivity contribution < 1.29 is 9.13 Å². The van der Waals surface area contributed by atoms with Crippen LogP contribution in [0.25, 0.3) is 0 Å². The van der Waals surface area contributed by atoms with E-state index in [1.165, 1.54) is 18.9 Å². The number of thiocarbonyl (C=S) groups is 1. The summed E-state index contributed by atoms with van der Waals surface area (Å²) in [6, 6.07) is 13.3. The molecule has 3 rings (SSSR count). The number of aryl methyl sites for hydroxylation is 1. The third-order valence-electron chi connectivity index (χ3n) is 4.97. The van der Waals surface area contributed by atoms with Crippen molar-refractivity contribution >= 4 is 23.0 Å². The maximum atomic E-state index is 13.7. The molecule has 1 atom stereocenters. The van der Waals surface area contributed by atoms with Gasteiger partial charge in [0.15, 0.2) is 5.11 Å². The second kappa shape index (κ2) is 9.15. The molecule has 0 radical (unpaired) electrons. The van der Waals surface area contributed by atoms with Crippen LogP contribution in [0, 0.1) is 12.7 Å². The SMILES string of the molecule is COc1ccccc1C(CNC(=S)Nc1ccc(C)c(F)c1)N1CCCC1. The van der Waals surface area contributed by atoms with E-state index in [0.717, 1.165) is 24.4 Å². The molecule has 1 unspecified atom stereocenters. The lowest BCUT2D eigenvalue weighted by molar-refractivity contribution is 0.240. The third-order valence-corrected chi connectivity index (χ3v) is 5.21. The summed E-state index contributed by atoms with van der Waals surface area (Å²) < 4.78 is 19.3. The van der Waals surface area contributed by atoms with Gasteiger partial charge in [0.1, 0.15) is 11.6 Å². The summed E-state index contributed by atoms with van der Waals surface area (Å²) in [5.41, 5.74) is 2.41. The third kappa shape index (κ3) is 4.96. The van der Waals surface area contributed by atoms with Crippen molar-refractivity contribution in [2.24, 2.45) is 0 Å². The van der Waals surface area contributed by atoms with Gasteiger partial charge >= 0.3 is 0 Å². The Balaban J connectivity index is 1.68. The van der Waals surface area contributed by atoms with Gasteiger partial charge in [-0.05, 0) is 68.8 Å². The summed E-state index contributed by atoms with van der Waals surface area (Å²) in [6.45, 7) is 4.52. The fraction of sp³-hybridized carbons (Fsp3) is 0.381. The monoisotopic (exact) mass is 387 g/mol. The van der Waals surface area contributed by atoms with E-state index >= 15 is 0 Å². The van der Waals surface area contributed by atoms with Crippen LogP contribution in [0.3, 0.4) is 0 Å². The fourth-order valence-corrected chi connectivity index (χ4v) is 3.67. The molecule has 4 nitrogen and oxygen atoms in total. The molecule has 2 aromatic rings. The van der Waals surface area contributed by atoms with E-state index < -0.39 is 0 Å². The van der Waals surface area contributed by atoms with Gasteiger partial charge in [0.25, 0.3) is 0 Å². The molecule has 0 spiro atoms. The number of anilines is 1. The lowest BCUT2D eigenvalue weighted by Crippen LogP contribution is -2.38. The lowest BCUT2D eigenvalue weighted by atomic mass is 10.0. The first kappa shape index (κ1) is 19.6. The molecule has 1 fully saturated rings. The van der Waals surface area contributed by atoms with Gasteiger partial charge in [0.05, 0.1) is 13.2 Å². The maximum absolute atomic E-state index is 13.7. The van der Waals surface area contributed by atoms with Crippen molar-refractivity contribution in [3.8, 4) is 5.75 Å². The minimum Gasteiger partial charge on any atom is -0.496 e. The van der Waals surface area contributed by atoms with Crippen molar-refractivity contribution in [3.05, 3.63) is 59.4 Å². The quantitative estimate of drug-likeness (QED) is 0.724. The largest absolute Gasteiger partial charge is 0.496 e. The molecule has 1 aliphatic heterocycles. The lowest BCUT2D eigenvalue weighted by Gasteiger charge is -2.29. The van der Waals surface area contributed by atoms with E-state index in [2.05, 4.69) is 21.6 Å². The molecule has 2 N–H and O–H groups in total. The van der Waals surface area contributed by atoms with Crippen molar-refractivity contribution in [3.63, 3.8) is 0 Å². The van der Waals surface area contributed by atoms with E-state index in [9.17, 15) is 4.39 Å². The van der Waals surface area contributed by atoms with Crippen LogP contribution in [0.1, 0.15) is 30.0 Å². The molecule has 1 heterocycles. The summed E-state index contributed by atoms with van der Waals surface area (Å²) >= 11 is 5.42. The van der Waals surface area contributed by atoms with Gasteiger partial charge in [-0.25, -0.2) is 4.39 Å². The standard InChI is InChI=1S/C21H26FN3OS/c1-15-9-10-16(13-18(15)22)24-21(27)23-14-19(25-11-5-6-12-25)17-7-3-4-8-20(17)26-2/h3-4,7-10,13,19H,5-6,11-12,14H2,1-2H3,(H2,23,24,27). The summed E-state index contributed by atoms with van der Waals surface area (Å²) in [6.07, 6.45) is 2.41. The normalized spacial score (nSPS) is 15.4. The van der Waals surface area contributed by atoms with Crippen LogP contribution >= 0.6 is 12.2 Å². The van der Waals surface area contributed by atoms with Gasteiger partial charge in [-0.3, -0.25) is 4.90 Å². The highest BCUT2D eigenvalue weighted by Crippen LogP contribution is 2.31. The zero-order valence-electron chi connectivity index (χ0n) is 15.8. The van der Waals surface area contributed by atoms with Gasteiger partial charge in [-0.2, -0.15) is 0 Å². The average molecular weight is 388 g/mol. The fourth-order valence-electron chi connectivity index (χ4n) is 3.47. The Morgan fingerprint density at radius 1 is 1.22 bits per heavy atom. The molecule has 6 heteroatoms. The number of para-hydroxylation sites is 1. The van der Waals surface area contributed by atoms with Crippen molar-refractivity contribution in [2.75, 3.05) is 32.1 Å². The summed E-state index contributed by atoms with van der Waals surface area (Å²) in [5.74, 6) is 0.641. The van der Waals surface area contributed by atoms with Crippen molar-refractivity contribution in [1.82, 2.24) is 10.2 Å². The first-order chi connectivity index (χ1) is 13.1. The van der Waals surface area contributed by atoms with E-state index in [0.29, 0.717) is 22.9 Å².